The summed E-state index contributed by atoms with van der Waals surface area (Å²) in [7, 11) is 1.47. The highest BCUT2D eigenvalue weighted by atomic mass is 35.5. The van der Waals surface area contributed by atoms with Crippen LogP contribution in [0.2, 0.25) is 5.02 Å². The first-order valence-electron chi connectivity index (χ1n) is 7.79. The molecule has 3 rings (SSSR count). The molecule has 0 aliphatic heterocycles. The summed E-state index contributed by atoms with van der Waals surface area (Å²) in [5.74, 6) is 1.15. The van der Waals surface area contributed by atoms with Gasteiger partial charge in [-0.25, -0.2) is 4.79 Å². The second-order valence-corrected chi connectivity index (χ2v) is 5.57. The Hall–Kier alpha value is -2.93. The van der Waals surface area contributed by atoms with E-state index in [1.54, 1.807) is 18.2 Å². The van der Waals surface area contributed by atoms with Crippen LogP contribution in [0.4, 0.5) is 0 Å². The molecule has 0 aliphatic rings. The lowest BCUT2D eigenvalue weighted by Gasteiger charge is -2.12. The first-order chi connectivity index (χ1) is 12.6. The number of esters is 1. The molecule has 8 heteroatoms. The third kappa shape index (κ3) is 3.83. The molecular weight excluding hydrogens is 362 g/mol. The van der Waals surface area contributed by atoms with E-state index in [0.717, 1.165) is 0 Å². The fraction of sp³-hybridized carbons (Fsp3) is 0.222. The maximum absolute atomic E-state index is 12.3. The summed E-state index contributed by atoms with van der Waals surface area (Å²) in [6, 6.07) is 8.09. The highest BCUT2D eigenvalue weighted by Gasteiger charge is 2.17. The second kappa shape index (κ2) is 7.97. The van der Waals surface area contributed by atoms with Crippen LogP contribution in [0.15, 0.2) is 45.5 Å². The number of furan rings is 1. The average molecular weight is 378 g/mol. The van der Waals surface area contributed by atoms with E-state index in [1.807, 2.05) is 6.92 Å². The maximum Gasteiger partial charge on any atom is 0.338 e. The van der Waals surface area contributed by atoms with Gasteiger partial charge < -0.3 is 23.2 Å². The van der Waals surface area contributed by atoms with Gasteiger partial charge in [-0.3, -0.25) is 0 Å². The van der Waals surface area contributed by atoms with E-state index in [1.165, 1.54) is 25.5 Å². The Morgan fingerprint density at radius 2 is 2.12 bits per heavy atom. The number of nitrogens with zero attached hydrogens (tertiary/aromatic N) is 1. The lowest BCUT2D eigenvalue weighted by molar-refractivity contribution is 0.0464. The molecule has 0 atom stereocenters. The van der Waals surface area contributed by atoms with Crippen molar-refractivity contribution in [3.63, 3.8) is 0 Å². The number of carbonyl (C=O) groups is 1. The number of aromatic nitrogens is 1. The summed E-state index contributed by atoms with van der Waals surface area (Å²) >= 11 is 6.16. The lowest BCUT2D eigenvalue weighted by atomic mass is 10.2. The fourth-order valence-corrected chi connectivity index (χ4v) is 2.52. The minimum absolute atomic E-state index is 0.0593. The molecule has 0 bridgehead atoms. The molecule has 2 aromatic heterocycles. The highest BCUT2D eigenvalue weighted by molar-refractivity contribution is 6.32. The van der Waals surface area contributed by atoms with Crippen molar-refractivity contribution in [2.45, 2.75) is 13.5 Å². The Morgan fingerprint density at radius 3 is 2.81 bits per heavy atom. The molecule has 0 N–H and O–H groups in total. The quantitative estimate of drug-likeness (QED) is 0.566. The van der Waals surface area contributed by atoms with Crippen molar-refractivity contribution in [1.29, 1.82) is 0 Å². The van der Waals surface area contributed by atoms with Gasteiger partial charge in [0.25, 0.3) is 0 Å². The first-order valence-corrected chi connectivity index (χ1v) is 8.17. The summed E-state index contributed by atoms with van der Waals surface area (Å²) in [6.45, 7) is 2.19. The van der Waals surface area contributed by atoms with Crippen LogP contribution in [0.1, 0.15) is 23.0 Å². The standard InChI is InChI=1S/C18H16ClNO6/c1-3-23-17-13(19)7-11(8-16(17)22-2)18(21)25-10-12-9-15(26-20-12)14-5-4-6-24-14/h4-9H,3,10H2,1-2H3. The van der Waals surface area contributed by atoms with E-state index in [4.69, 9.17) is 34.8 Å². The molecule has 0 amide bonds. The van der Waals surface area contributed by atoms with Crippen molar-refractivity contribution in [2.24, 2.45) is 0 Å². The SMILES string of the molecule is CCOc1c(Cl)cc(C(=O)OCc2cc(-c3ccco3)on2)cc1OC. The van der Waals surface area contributed by atoms with Crippen LogP contribution >= 0.6 is 11.6 Å². The van der Waals surface area contributed by atoms with Gasteiger partial charge in [0.2, 0.25) is 5.76 Å². The summed E-state index contributed by atoms with van der Waals surface area (Å²) < 4.78 is 26.3. The number of methoxy groups -OCH3 is 1. The molecule has 0 aliphatic carbocycles. The second-order valence-electron chi connectivity index (χ2n) is 5.16. The Kier molecular flexibility index (Phi) is 5.48. The van der Waals surface area contributed by atoms with Gasteiger partial charge in [-0.2, -0.15) is 0 Å². The molecule has 3 aromatic rings. The van der Waals surface area contributed by atoms with Crippen molar-refractivity contribution in [3.8, 4) is 23.0 Å². The fourth-order valence-electron chi connectivity index (χ4n) is 2.26. The average Bonchev–Trinajstić information content (AvgIpc) is 3.32. The Morgan fingerprint density at radius 1 is 1.27 bits per heavy atom. The van der Waals surface area contributed by atoms with E-state index in [9.17, 15) is 4.79 Å². The molecule has 2 heterocycles. The largest absolute Gasteiger partial charge is 0.493 e. The molecule has 0 unspecified atom stereocenters. The van der Waals surface area contributed by atoms with Crippen molar-refractivity contribution in [1.82, 2.24) is 5.16 Å². The third-order valence-electron chi connectivity index (χ3n) is 3.43. The van der Waals surface area contributed by atoms with Gasteiger partial charge in [-0.1, -0.05) is 16.8 Å². The molecule has 0 spiro atoms. The van der Waals surface area contributed by atoms with E-state index in [2.05, 4.69) is 5.16 Å². The molecule has 0 radical (unpaired) electrons. The Bertz CT molecular complexity index is 887. The Labute approximate surface area is 154 Å². The minimum Gasteiger partial charge on any atom is -0.493 e. The number of ether oxygens (including phenoxy) is 3. The summed E-state index contributed by atoms with van der Waals surface area (Å²) in [4.78, 5) is 12.3. The zero-order valence-electron chi connectivity index (χ0n) is 14.2. The van der Waals surface area contributed by atoms with E-state index < -0.39 is 5.97 Å². The number of carbonyl (C=O) groups excluding carboxylic acids is 1. The molecule has 1 aromatic carbocycles. The van der Waals surface area contributed by atoms with Gasteiger partial charge in [-0.05, 0) is 31.2 Å². The molecule has 7 nitrogen and oxygen atoms in total. The molecule has 0 saturated carbocycles. The smallest absolute Gasteiger partial charge is 0.338 e. The first kappa shape index (κ1) is 17.9. The van der Waals surface area contributed by atoms with Gasteiger partial charge in [0.15, 0.2) is 17.3 Å². The van der Waals surface area contributed by atoms with Gasteiger partial charge >= 0.3 is 5.97 Å². The maximum atomic E-state index is 12.3. The van der Waals surface area contributed by atoms with Crippen molar-refractivity contribution in [3.05, 3.63) is 52.9 Å². The van der Waals surface area contributed by atoms with Crippen LogP contribution in [0, 0.1) is 0 Å². The van der Waals surface area contributed by atoms with Crippen molar-refractivity contribution in [2.75, 3.05) is 13.7 Å². The topological polar surface area (TPSA) is 83.9 Å². The monoisotopic (exact) mass is 377 g/mol. The number of rotatable bonds is 7. The molecule has 0 saturated heterocycles. The lowest BCUT2D eigenvalue weighted by Crippen LogP contribution is -2.07. The highest BCUT2D eigenvalue weighted by Crippen LogP contribution is 2.36. The third-order valence-corrected chi connectivity index (χ3v) is 3.71. The number of benzene rings is 1. The van der Waals surface area contributed by atoms with Crippen LogP contribution < -0.4 is 9.47 Å². The van der Waals surface area contributed by atoms with E-state index in [0.29, 0.717) is 35.3 Å². The number of halogens is 1. The molecular formula is C18H16ClNO6. The summed E-state index contributed by atoms with van der Waals surface area (Å²) in [5.41, 5.74) is 0.693. The van der Waals surface area contributed by atoms with Crippen molar-refractivity contribution < 1.29 is 27.9 Å². The molecule has 136 valence electrons. The van der Waals surface area contributed by atoms with E-state index in [-0.39, 0.29) is 17.2 Å². The number of hydrogen-bond acceptors (Lipinski definition) is 7. The van der Waals surface area contributed by atoms with Crippen LogP contribution in [-0.4, -0.2) is 24.8 Å². The van der Waals surface area contributed by atoms with Crippen LogP contribution in [-0.2, 0) is 11.3 Å². The summed E-state index contributed by atoms with van der Waals surface area (Å²) in [6.07, 6.45) is 1.53. The zero-order valence-corrected chi connectivity index (χ0v) is 14.9. The van der Waals surface area contributed by atoms with Gasteiger partial charge in [0.1, 0.15) is 12.3 Å². The molecule has 0 fully saturated rings. The van der Waals surface area contributed by atoms with Crippen LogP contribution in [0.25, 0.3) is 11.5 Å². The predicted octanol–water partition coefficient (Wildman–Crippen LogP) is 4.35. The Balaban J connectivity index is 1.69. The van der Waals surface area contributed by atoms with Gasteiger partial charge in [0, 0.05) is 6.07 Å². The zero-order chi connectivity index (χ0) is 18.5. The van der Waals surface area contributed by atoms with Crippen molar-refractivity contribution >= 4 is 17.6 Å². The molecule has 26 heavy (non-hydrogen) atoms. The van der Waals surface area contributed by atoms with Gasteiger partial charge in [-0.15, -0.1) is 0 Å². The van der Waals surface area contributed by atoms with Gasteiger partial charge in [0.05, 0.1) is 30.6 Å². The summed E-state index contributed by atoms with van der Waals surface area (Å²) in [5, 5.41) is 4.11. The normalized spacial score (nSPS) is 10.6. The minimum atomic E-state index is -0.573. The predicted molar refractivity (Wildman–Crippen MR) is 92.5 cm³/mol. The van der Waals surface area contributed by atoms with E-state index >= 15 is 0 Å². The van der Waals surface area contributed by atoms with Crippen LogP contribution in [0.5, 0.6) is 11.5 Å². The van der Waals surface area contributed by atoms with Crippen LogP contribution in [0.3, 0.4) is 0 Å². The number of hydrogen-bond donors (Lipinski definition) is 0.